The third kappa shape index (κ3) is 3.62. The summed E-state index contributed by atoms with van der Waals surface area (Å²) in [4.78, 5) is 28.2. The first-order valence-corrected chi connectivity index (χ1v) is 12.8. The van der Waals surface area contributed by atoms with Gasteiger partial charge in [-0.15, -0.1) is 0 Å². The minimum Gasteiger partial charge on any atom is -0.508 e. The van der Waals surface area contributed by atoms with Crippen molar-refractivity contribution in [2.24, 2.45) is 11.8 Å². The summed E-state index contributed by atoms with van der Waals surface area (Å²) in [6.07, 6.45) is 5.07. The van der Waals surface area contributed by atoms with Crippen LogP contribution in [0.2, 0.25) is 5.02 Å². The van der Waals surface area contributed by atoms with Crippen LogP contribution < -0.4 is 0 Å². The Morgan fingerprint density at radius 3 is 2.63 bits per heavy atom. The van der Waals surface area contributed by atoms with E-state index in [9.17, 15) is 30.0 Å². The Labute approximate surface area is 209 Å². The number of nitrogens with zero attached hydrogens (tertiary/aromatic N) is 1. The van der Waals surface area contributed by atoms with Crippen molar-refractivity contribution >= 4 is 28.9 Å². The molecule has 1 saturated heterocycles. The highest BCUT2D eigenvalue weighted by molar-refractivity contribution is 6.32. The van der Waals surface area contributed by atoms with Crippen LogP contribution in [0.5, 0.6) is 5.75 Å². The predicted octanol–water partition coefficient (Wildman–Crippen LogP) is 4.38. The number of aromatic hydroxyl groups is 1. The average molecular weight is 502 g/mol. The van der Waals surface area contributed by atoms with Gasteiger partial charge in [-0.3, -0.25) is 14.5 Å². The normalized spacial score (nSPS) is 31.7. The lowest BCUT2D eigenvalue weighted by molar-refractivity contribution is -0.147. The van der Waals surface area contributed by atoms with Crippen molar-refractivity contribution in [2.45, 2.75) is 77.0 Å². The predicted molar refractivity (Wildman–Crippen MR) is 131 cm³/mol. The van der Waals surface area contributed by atoms with Gasteiger partial charge in [-0.25, -0.2) is 0 Å². The van der Waals surface area contributed by atoms with E-state index in [1.165, 1.54) is 19.8 Å². The molecule has 35 heavy (non-hydrogen) atoms. The van der Waals surface area contributed by atoms with Gasteiger partial charge in [0.15, 0.2) is 11.4 Å². The van der Waals surface area contributed by atoms with Crippen LogP contribution in [0.4, 0.5) is 0 Å². The number of halogens is 1. The van der Waals surface area contributed by atoms with Gasteiger partial charge in [0, 0.05) is 41.1 Å². The zero-order valence-corrected chi connectivity index (χ0v) is 20.9. The molecule has 0 spiro atoms. The van der Waals surface area contributed by atoms with E-state index in [0.29, 0.717) is 29.6 Å². The molecular formula is C27H32ClNO6. The number of carbonyl (C=O) groups excluding carboxylic acids is 2. The number of aliphatic hydroxyl groups excluding tert-OH is 2. The van der Waals surface area contributed by atoms with Gasteiger partial charge in [-0.05, 0) is 69.2 Å². The first-order chi connectivity index (χ1) is 16.6. The first-order valence-electron chi connectivity index (χ1n) is 12.5. The summed E-state index contributed by atoms with van der Waals surface area (Å²) in [5, 5.41) is 44.4. The summed E-state index contributed by atoms with van der Waals surface area (Å²) in [5.41, 5.74) is -0.855. The van der Waals surface area contributed by atoms with Gasteiger partial charge in [0.1, 0.15) is 17.3 Å². The molecule has 188 valence electrons. The molecule has 0 bridgehead atoms. The van der Waals surface area contributed by atoms with Gasteiger partial charge in [-0.1, -0.05) is 24.4 Å². The maximum atomic E-state index is 13.5. The number of benzene rings is 1. The van der Waals surface area contributed by atoms with Gasteiger partial charge in [0.25, 0.3) is 0 Å². The highest BCUT2D eigenvalue weighted by Gasteiger charge is 2.59. The van der Waals surface area contributed by atoms with Gasteiger partial charge >= 0.3 is 0 Å². The summed E-state index contributed by atoms with van der Waals surface area (Å²) in [6, 6.07) is 1.95. The fourth-order valence-corrected chi connectivity index (χ4v) is 6.81. The minimum absolute atomic E-state index is 0.0230. The summed E-state index contributed by atoms with van der Waals surface area (Å²) in [6.45, 7) is 5.11. The summed E-state index contributed by atoms with van der Waals surface area (Å²) in [7, 11) is 0. The molecule has 0 radical (unpaired) electrons. The smallest absolute Gasteiger partial charge is 0.202 e. The molecule has 5 rings (SSSR count). The molecule has 2 fully saturated rings. The van der Waals surface area contributed by atoms with Crippen LogP contribution in [0.15, 0.2) is 23.0 Å². The number of phenols is 1. The molecule has 1 saturated carbocycles. The van der Waals surface area contributed by atoms with E-state index in [0.717, 1.165) is 24.9 Å². The molecule has 1 heterocycles. The average Bonchev–Trinajstić information content (AvgIpc) is 3.02. The number of hydrogen-bond acceptors (Lipinski definition) is 7. The Balaban J connectivity index is 1.57. The first kappa shape index (κ1) is 24.3. The molecule has 8 heteroatoms. The third-order valence-corrected chi connectivity index (χ3v) is 9.12. The lowest BCUT2D eigenvalue weighted by Crippen LogP contribution is -2.57. The highest BCUT2D eigenvalue weighted by Crippen LogP contribution is 2.53. The van der Waals surface area contributed by atoms with E-state index in [-0.39, 0.29) is 41.1 Å². The van der Waals surface area contributed by atoms with E-state index in [1.54, 1.807) is 6.07 Å². The number of fused-ring (bicyclic) bond motifs is 3. The van der Waals surface area contributed by atoms with Crippen molar-refractivity contribution < 1.29 is 30.0 Å². The van der Waals surface area contributed by atoms with Crippen molar-refractivity contribution in [2.75, 3.05) is 6.54 Å². The Kier molecular flexibility index (Phi) is 6.01. The number of rotatable bonds is 2. The van der Waals surface area contributed by atoms with Crippen molar-refractivity contribution in [1.29, 1.82) is 0 Å². The molecule has 0 amide bonds. The van der Waals surface area contributed by atoms with E-state index < -0.39 is 34.7 Å². The summed E-state index contributed by atoms with van der Waals surface area (Å²) < 4.78 is 0. The highest BCUT2D eigenvalue weighted by atomic mass is 35.5. The third-order valence-electron chi connectivity index (χ3n) is 8.65. The van der Waals surface area contributed by atoms with Crippen LogP contribution in [0.1, 0.15) is 69.1 Å². The van der Waals surface area contributed by atoms with Crippen LogP contribution >= 0.6 is 11.6 Å². The SMILES string of the molecule is CC1=C(O)[C@@]2(O)C(=O)C3=C(O)c4c(O)cc(CN5CCCCCC5C)c(Cl)c4C[C@H]3C[C@H]2CC1=O. The zero-order valence-electron chi connectivity index (χ0n) is 20.1. The number of likely N-dealkylation sites (tertiary alicyclic amines) is 1. The Hall–Kier alpha value is -2.35. The molecule has 0 aromatic heterocycles. The lowest BCUT2D eigenvalue weighted by atomic mass is 9.59. The molecule has 1 unspecified atom stereocenters. The zero-order chi connectivity index (χ0) is 25.2. The fraction of sp³-hybridized carbons (Fsp3) is 0.556. The second kappa shape index (κ2) is 8.64. The number of phenolic OH excluding ortho intramolecular Hbond substituents is 1. The van der Waals surface area contributed by atoms with Crippen LogP contribution in [-0.4, -0.2) is 55.1 Å². The van der Waals surface area contributed by atoms with Gasteiger partial charge in [-0.2, -0.15) is 0 Å². The number of ketones is 2. The molecule has 4 atom stereocenters. The van der Waals surface area contributed by atoms with Gasteiger partial charge in [0.2, 0.25) is 5.78 Å². The lowest BCUT2D eigenvalue weighted by Gasteiger charge is -2.46. The molecule has 4 aliphatic rings. The monoisotopic (exact) mass is 501 g/mol. The molecule has 4 N–H and O–H groups in total. The Morgan fingerprint density at radius 1 is 1.14 bits per heavy atom. The van der Waals surface area contributed by atoms with Crippen molar-refractivity contribution in [3.63, 3.8) is 0 Å². The number of aliphatic hydroxyl groups is 3. The molecule has 1 aromatic rings. The Bertz CT molecular complexity index is 1190. The van der Waals surface area contributed by atoms with Crippen LogP contribution in [-0.2, 0) is 22.6 Å². The second-order valence-corrected chi connectivity index (χ2v) is 11.1. The van der Waals surface area contributed by atoms with E-state index in [4.69, 9.17) is 11.6 Å². The summed E-state index contributed by atoms with van der Waals surface area (Å²) in [5.74, 6) is -3.61. The molecular weight excluding hydrogens is 470 g/mol. The maximum absolute atomic E-state index is 13.5. The maximum Gasteiger partial charge on any atom is 0.202 e. The van der Waals surface area contributed by atoms with Crippen LogP contribution in [0.25, 0.3) is 5.76 Å². The number of allylic oxidation sites excluding steroid dienone is 1. The molecule has 3 aliphatic carbocycles. The van der Waals surface area contributed by atoms with Crippen LogP contribution in [0.3, 0.4) is 0 Å². The van der Waals surface area contributed by atoms with E-state index in [1.807, 2.05) is 0 Å². The standard InChI is InChI=1S/C27H32ClNO6/c1-13-6-4-3-5-7-29(13)12-16-10-20(31)22-18(23(16)28)9-15-8-17-11-19(30)14(2)25(33)27(17,35)26(34)21(15)24(22)32/h10,13,15,17,31-33,35H,3-9,11-12H2,1-2H3/t13?,15-,17+,27-/m1/s1. The second-order valence-electron chi connectivity index (χ2n) is 10.7. The van der Waals surface area contributed by atoms with Gasteiger partial charge < -0.3 is 20.4 Å². The minimum atomic E-state index is -2.25. The van der Waals surface area contributed by atoms with Gasteiger partial charge in [0.05, 0.1) is 5.56 Å². The fourth-order valence-electron chi connectivity index (χ4n) is 6.52. The number of Topliss-reactive ketones (excluding diaryl/α,β-unsaturated/α-hetero) is 2. The van der Waals surface area contributed by atoms with Crippen LogP contribution in [0, 0.1) is 11.8 Å². The van der Waals surface area contributed by atoms with E-state index >= 15 is 0 Å². The summed E-state index contributed by atoms with van der Waals surface area (Å²) >= 11 is 6.86. The van der Waals surface area contributed by atoms with E-state index in [2.05, 4.69) is 11.8 Å². The Morgan fingerprint density at radius 2 is 1.89 bits per heavy atom. The largest absolute Gasteiger partial charge is 0.508 e. The van der Waals surface area contributed by atoms with Crippen molar-refractivity contribution in [3.05, 3.63) is 44.7 Å². The molecule has 1 aromatic carbocycles. The topological polar surface area (TPSA) is 118 Å². The molecule has 1 aliphatic heterocycles. The number of carbonyl (C=O) groups is 2. The van der Waals surface area contributed by atoms with Crippen molar-refractivity contribution in [3.8, 4) is 5.75 Å². The number of hydrogen-bond donors (Lipinski definition) is 4. The molecule has 7 nitrogen and oxygen atoms in total. The van der Waals surface area contributed by atoms with Crippen molar-refractivity contribution in [1.82, 2.24) is 4.90 Å². The quantitative estimate of drug-likeness (QED) is 0.475.